The van der Waals surface area contributed by atoms with E-state index in [1.165, 1.54) is 64.2 Å². The summed E-state index contributed by atoms with van der Waals surface area (Å²) in [6.07, 6.45) is 19.5. The zero-order valence-corrected chi connectivity index (χ0v) is 14.5. The van der Waals surface area contributed by atoms with Crippen molar-refractivity contribution in [1.82, 2.24) is 0 Å². The van der Waals surface area contributed by atoms with Crippen LogP contribution in [0.5, 0.6) is 0 Å². The summed E-state index contributed by atoms with van der Waals surface area (Å²) < 4.78 is 10.8. The zero-order chi connectivity index (χ0) is 15.9. The van der Waals surface area contributed by atoms with Crippen molar-refractivity contribution in [2.75, 3.05) is 13.2 Å². The van der Waals surface area contributed by atoms with Gasteiger partial charge < -0.3 is 14.6 Å². The number of hydrogen-bond acceptors (Lipinski definition) is 3. The summed E-state index contributed by atoms with van der Waals surface area (Å²) in [5.41, 5.74) is 0. The van der Waals surface area contributed by atoms with Crippen molar-refractivity contribution in [2.24, 2.45) is 0 Å². The third-order valence-electron chi connectivity index (χ3n) is 4.15. The van der Waals surface area contributed by atoms with E-state index in [1.54, 1.807) is 0 Å². The van der Waals surface area contributed by atoms with Crippen LogP contribution < -0.4 is 0 Å². The molecular weight excluding hydrogens is 276 g/mol. The van der Waals surface area contributed by atoms with Crippen LogP contribution in [0.2, 0.25) is 0 Å². The third-order valence-corrected chi connectivity index (χ3v) is 4.15. The highest BCUT2D eigenvalue weighted by Gasteiger charge is 2.19. The summed E-state index contributed by atoms with van der Waals surface area (Å²) in [7, 11) is 0. The molecule has 0 aromatic rings. The lowest BCUT2D eigenvalue weighted by molar-refractivity contribution is -0.218. The second-order valence-electron chi connectivity index (χ2n) is 6.42. The van der Waals surface area contributed by atoms with Crippen LogP contribution in [0.15, 0.2) is 12.2 Å². The monoisotopic (exact) mass is 312 g/mol. The Bertz CT molecular complexity index is 257. The van der Waals surface area contributed by atoms with Gasteiger partial charge >= 0.3 is 0 Å². The van der Waals surface area contributed by atoms with Gasteiger partial charge in [-0.2, -0.15) is 0 Å². The molecule has 0 aromatic carbocycles. The van der Waals surface area contributed by atoms with Gasteiger partial charge in [0.2, 0.25) is 0 Å². The predicted octanol–water partition coefficient (Wildman–Crippen LogP) is 4.98. The van der Waals surface area contributed by atoms with Crippen LogP contribution in [-0.4, -0.2) is 30.7 Å². The number of rotatable bonds is 13. The molecule has 1 heterocycles. The highest BCUT2D eigenvalue weighted by Crippen LogP contribution is 2.14. The van der Waals surface area contributed by atoms with Gasteiger partial charge in [0.25, 0.3) is 0 Å². The van der Waals surface area contributed by atoms with Gasteiger partial charge in [0.1, 0.15) is 6.10 Å². The number of aliphatic hydroxyl groups is 1. The molecule has 1 rings (SSSR count). The van der Waals surface area contributed by atoms with Crippen molar-refractivity contribution in [1.29, 1.82) is 0 Å². The molecular formula is C19H36O3. The SMILES string of the molecule is CCCCCC/C=C\CCCCCCCC1OCC(O)CO1. The Kier molecular flexibility index (Phi) is 12.7. The number of aliphatic hydroxyl groups excluding tert-OH is 1. The molecule has 3 nitrogen and oxygen atoms in total. The van der Waals surface area contributed by atoms with Gasteiger partial charge in [0, 0.05) is 0 Å². The van der Waals surface area contributed by atoms with Gasteiger partial charge in [-0.25, -0.2) is 0 Å². The molecule has 0 aliphatic carbocycles. The first kappa shape index (κ1) is 19.7. The Hall–Kier alpha value is -0.380. The number of hydrogen-bond donors (Lipinski definition) is 1. The van der Waals surface area contributed by atoms with E-state index >= 15 is 0 Å². The van der Waals surface area contributed by atoms with Crippen LogP contribution in [0.3, 0.4) is 0 Å². The summed E-state index contributed by atoms with van der Waals surface area (Å²) in [4.78, 5) is 0. The van der Waals surface area contributed by atoms with Gasteiger partial charge in [0.05, 0.1) is 13.2 Å². The lowest BCUT2D eigenvalue weighted by atomic mass is 10.1. The Morgan fingerprint density at radius 1 is 0.818 bits per heavy atom. The predicted molar refractivity (Wildman–Crippen MR) is 91.9 cm³/mol. The molecule has 0 saturated carbocycles. The van der Waals surface area contributed by atoms with Crippen molar-refractivity contribution in [3.05, 3.63) is 12.2 Å². The molecule has 130 valence electrons. The summed E-state index contributed by atoms with van der Waals surface area (Å²) in [5.74, 6) is 0. The first-order valence-corrected chi connectivity index (χ1v) is 9.39. The fraction of sp³-hybridized carbons (Fsp3) is 0.895. The van der Waals surface area contributed by atoms with Gasteiger partial charge in [-0.1, -0.05) is 57.6 Å². The van der Waals surface area contributed by atoms with Gasteiger partial charge in [-0.15, -0.1) is 0 Å². The van der Waals surface area contributed by atoms with Crippen LogP contribution in [0.4, 0.5) is 0 Å². The molecule has 0 unspecified atom stereocenters. The quantitative estimate of drug-likeness (QED) is 0.385. The second kappa shape index (κ2) is 14.2. The number of allylic oxidation sites excluding steroid dienone is 2. The minimum Gasteiger partial charge on any atom is -0.388 e. The zero-order valence-electron chi connectivity index (χ0n) is 14.5. The molecule has 0 atom stereocenters. The highest BCUT2D eigenvalue weighted by atomic mass is 16.7. The molecule has 1 aliphatic rings. The molecule has 1 aliphatic heterocycles. The highest BCUT2D eigenvalue weighted by molar-refractivity contribution is 4.81. The van der Waals surface area contributed by atoms with E-state index in [0.29, 0.717) is 13.2 Å². The van der Waals surface area contributed by atoms with Crippen LogP contribution in [0, 0.1) is 0 Å². The summed E-state index contributed by atoms with van der Waals surface area (Å²) >= 11 is 0. The van der Waals surface area contributed by atoms with Gasteiger partial charge in [0.15, 0.2) is 6.29 Å². The topological polar surface area (TPSA) is 38.7 Å². The van der Waals surface area contributed by atoms with E-state index in [0.717, 1.165) is 12.8 Å². The van der Waals surface area contributed by atoms with E-state index in [4.69, 9.17) is 9.47 Å². The van der Waals surface area contributed by atoms with E-state index in [2.05, 4.69) is 19.1 Å². The van der Waals surface area contributed by atoms with Crippen molar-refractivity contribution >= 4 is 0 Å². The molecule has 0 aromatic heterocycles. The lowest BCUT2D eigenvalue weighted by Crippen LogP contribution is -2.35. The molecule has 1 fully saturated rings. The molecule has 0 radical (unpaired) electrons. The first-order valence-electron chi connectivity index (χ1n) is 9.39. The molecule has 0 spiro atoms. The maximum Gasteiger partial charge on any atom is 0.157 e. The molecule has 0 bridgehead atoms. The Balaban J connectivity index is 1.77. The van der Waals surface area contributed by atoms with Crippen LogP contribution in [-0.2, 0) is 9.47 Å². The largest absolute Gasteiger partial charge is 0.388 e. The minimum absolute atomic E-state index is 0.0842. The third kappa shape index (κ3) is 11.2. The number of ether oxygens (including phenoxy) is 2. The Morgan fingerprint density at radius 3 is 2.00 bits per heavy atom. The fourth-order valence-corrected chi connectivity index (χ4v) is 2.73. The molecule has 1 N–H and O–H groups in total. The molecule has 22 heavy (non-hydrogen) atoms. The maximum absolute atomic E-state index is 9.26. The van der Waals surface area contributed by atoms with E-state index in [-0.39, 0.29) is 6.29 Å². The van der Waals surface area contributed by atoms with Gasteiger partial charge in [-0.05, 0) is 38.5 Å². The average molecular weight is 312 g/mol. The maximum atomic E-state index is 9.26. The van der Waals surface area contributed by atoms with E-state index in [1.807, 2.05) is 0 Å². The van der Waals surface area contributed by atoms with Crippen LogP contribution in [0.1, 0.15) is 84.0 Å². The average Bonchev–Trinajstić information content (AvgIpc) is 2.53. The smallest absolute Gasteiger partial charge is 0.157 e. The Labute approximate surface area is 137 Å². The van der Waals surface area contributed by atoms with Crippen LogP contribution in [0.25, 0.3) is 0 Å². The summed E-state index contributed by atoms with van der Waals surface area (Å²) in [6.45, 7) is 3.11. The minimum atomic E-state index is -0.434. The fourth-order valence-electron chi connectivity index (χ4n) is 2.73. The normalized spacial score (nSPS) is 22.5. The lowest BCUT2D eigenvalue weighted by Gasteiger charge is -2.26. The van der Waals surface area contributed by atoms with Crippen molar-refractivity contribution in [3.8, 4) is 0 Å². The van der Waals surface area contributed by atoms with Gasteiger partial charge in [-0.3, -0.25) is 0 Å². The van der Waals surface area contributed by atoms with Crippen molar-refractivity contribution < 1.29 is 14.6 Å². The standard InChI is InChI=1S/C19H36O3/c1-2-3-4-5-6-7-8-9-10-11-12-13-14-15-19-21-16-18(20)17-22-19/h7-8,18-20H,2-6,9-17H2,1H3/b8-7-. The molecule has 0 amide bonds. The Morgan fingerprint density at radius 2 is 1.36 bits per heavy atom. The summed E-state index contributed by atoms with van der Waals surface area (Å²) in [5, 5.41) is 9.26. The molecule has 3 heteroatoms. The number of unbranched alkanes of at least 4 members (excludes halogenated alkanes) is 9. The molecule has 1 saturated heterocycles. The van der Waals surface area contributed by atoms with E-state index in [9.17, 15) is 5.11 Å². The first-order chi connectivity index (χ1) is 10.8. The second-order valence-corrected chi connectivity index (χ2v) is 6.42. The van der Waals surface area contributed by atoms with Crippen LogP contribution >= 0.6 is 0 Å². The summed E-state index contributed by atoms with van der Waals surface area (Å²) in [6, 6.07) is 0. The van der Waals surface area contributed by atoms with E-state index < -0.39 is 6.10 Å². The van der Waals surface area contributed by atoms with Crippen molar-refractivity contribution in [3.63, 3.8) is 0 Å². The van der Waals surface area contributed by atoms with Crippen molar-refractivity contribution in [2.45, 2.75) is 96.4 Å².